The molecule has 4 heteroatoms. The third-order valence-corrected chi connectivity index (χ3v) is 3.74. The van der Waals surface area contributed by atoms with Crippen LogP contribution in [0.5, 0.6) is 0 Å². The number of pyridine rings is 1. The van der Waals surface area contributed by atoms with Gasteiger partial charge in [-0.3, -0.25) is 0 Å². The van der Waals surface area contributed by atoms with Crippen LogP contribution >= 0.6 is 0 Å². The molecule has 1 aliphatic carbocycles. The van der Waals surface area contributed by atoms with Gasteiger partial charge in [-0.1, -0.05) is 12.8 Å². The lowest BCUT2D eigenvalue weighted by molar-refractivity contribution is 0.178. The number of anilines is 1. The van der Waals surface area contributed by atoms with E-state index >= 15 is 0 Å². The highest BCUT2D eigenvalue weighted by atomic mass is 16.3. The molecule has 0 saturated heterocycles. The normalized spacial score (nSPS) is 23.4. The van der Waals surface area contributed by atoms with Crippen LogP contribution in [-0.4, -0.2) is 22.7 Å². The molecule has 2 rings (SSSR count). The van der Waals surface area contributed by atoms with Gasteiger partial charge in [0.05, 0.1) is 5.56 Å². The average molecular weight is 245 g/mol. The number of aliphatic hydroxyl groups excluding tert-OH is 1. The van der Waals surface area contributed by atoms with Crippen molar-refractivity contribution in [1.82, 2.24) is 4.98 Å². The van der Waals surface area contributed by atoms with Crippen LogP contribution in [0.4, 0.5) is 5.82 Å². The van der Waals surface area contributed by atoms with Crippen LogP contribution in [-0.2, 0) is 0 Å². The van der Waals surface area contributed by atoms with E-state index in [-0.39, 0.29) is 18.6 Å². The zero-order chi connectivity index (χ0) is 13.0. The van der Waals surface area contributed by atoms with Gasteiger partial charge in [-0.15, -0.1) is 0 Å². The molecule has 0 aliphatic heterocycles. The fraction of sp³-hybridized carbons (Fsp3) is 0.571. The predicted octanol–water partition coefficient (Wildman–Crippen LogP) is 2.22. The Morgan fingerprint density at radius 3 is 3.00 bits per heavy atom. The van der Waals surface area contributed by atoms with Crippen LogP contribution in [0.3, 0.4) is 0 Å². The van der Waals surface area contributed by atoms with E-state index in [1.807, 2.05) is 13.0 Å². The highest BCUT2D eigenvalue weighted by Gasteiger charge is 2.25. The lowest BCUT2D eigenvalue weighted by atomic mass is 9.85. The van der Waals surface area contributed by atoms with Gasteiger partial charge in [0.2, 0.25) is 0 Å². The fourth-order valence-corrected chi connectivity index (χ4v) is 2.60. The van der Waals surface area contributed by atoms with Crippen molar-refractivity contribution < 1.29 is 5.11 Å². The average Bonchev–Trinajstić information content (AvgIpc) is 2.40. The molecule has 2 atom stereocenters. The van der Waals surface area contributed by atoms with Crippen LogP contribution in [0.25, 0.3) is 0 Å². The maximum atomic E-state index is 9.40. The first-order valence-corrected chi connectivity index (χ1v) is 6.49. The van der Waals surface area contributed by atoms with Crippen molar-refractivity contribution in [2.45, 2.75) is 38.6 Å². The summed E-state index contributed by atoms with van der Waals surface area (Å²) in [6.45, 7) is 2.11. The van der Waals surface area contributed by atoms with E-state index in [0.29, 0.717) is 11.4 Å². The molecule has 2 N–H and O–H groups in total. The molecule has 0 bridgehead atoms. The third kappa shape index (κ3) is 2.62. The van der Waals surface area contributed by atoms with Crippen LogP contribution < -0.4 is 5.32 Å². The number of aromatic nitrogens is 1. The molecule has 96 valence electrons. The standard InChI is InChI=1S/C14H19N3O/c1-10-6-7-16-14(12(10)8-15)17-13-5-3-2-4-11(13)9-18/h6-7,11,13,18H,2-5,9H2,1H3,(H,16,17). The van der Waals surface area contributed by atoms with Crippen LogP contribution in [0.1, 0.15) is 36.8 Å². The highest BCUT2D eigenvalue weighted by molar-refractivity contribution is 5.55. The van der Waals surface area contributed by atoms with E-state index in [1.54, 1.807) is 6.20 Å². The summed E-state index contributed by atoms with van der Waals surface area (Å²) in [5.41, 5.74) is 1.55. The monoisotopic (exact) mass is 245 g/mol. The van der Waals surface area contributed by atoms with Crippen molar-refractivity contribution in [3.05, 3.63) is 23.4 Å². The SMILES string of the molecule is Cc1ccnc(NC2CCCCC2CO)c1C#N. The zero-order valence-electron chi connectivity index (χ0n) is 10.7. The van der Waals surface area contributed by atoms with Gasteiger partial charge in [0, 0.05) is 24.8 Å². The Morgan fingerprint density at radius 2 is 2.28 bits per heavy atom. The van der Waals surface area contributed by atoms with Crippen molar-refractivity contribution in [3.8, 4) is 6.07 Å². The van der Waals surface area contributed by atoms with Gasteiger partial charge in [-0.25, -0.2) is 4.98 Å². The second kappa shape index (κ2) is 5.83. The molecule has 1 fully saturated rings. The topological polar surface area (TPSA) is 68.9 Å². The minimum absolute atomic E-state index is 0.200. The molecule has 18 heavy (non-hydrogen) atoms. The van der Waals surface area contributed by atoms with Crippen LogP contribution in [0.15, 0.2) is 12.3 Å². The van der Waals surface area contributed by atoms with E-state index in [9.17, 15) is 10.4 Å². The minimum atomic E-state index is 0.200. The molecule has 1 aliphatic rings. The molecule has 0 aromatic carbocycles. The minimum Gasteiger partial charge on any atom is -0.396 e. The number of hydrogen-bond donors (Lipinski definition) is 2. The fourth-order valence-electron chi connectivity index (χ4n) is 2.60. The number of nitrogens with zero attached hydrogens (tertiary/aromatic N) is 2. The van der Waals surface area contributed by atoms with Crippen molar-refractivity contribution in [1.29, 1.82) is 5.26 Å². The van der Waals surface area contributed by atoms with Gasteiger partial charge in [0.1, 0.15) is 11.9 Å². The number of nitrogens with one attached hydrogen (secondary N) is 1. The zero-order valence-corrected chi connectivity index (χ0v) is 10.7. The molecule has 4 nitrogen and oxygen atoms in total. The first-order valence-electron chi connectivity index (χ1n) is 6.49. The van der Waals surface area contributed by atoms with E-state index < -0.39 is 0 Å². The molecule has 2 unspecified atom stereocenters. The molecular weight excluding hydrogens is 226 g/mol. The first-order chi connectivity index (χ1) is 8.76. The second-order valence-corrected chi connectivity index (χ2v) is 4.94. The maximum Gasteiger partial charge on any atom is 0.144 e. The largest absolute Gasteiger partial charge is 0.396 e. The maximum absolute atomic E-state index is 9.40. The van der Waals surface area contributed by atoms with Gasteiger partial charge in [0.25, 0.3) is 0 Å². The Kier molecular flexibility index (Phi) is 4.16. The second-order valence-electron chi connectivity index (χ2n) is 4.94. The third-order valence-electron chi connectivity index (χ3n) is 3.74. The summed E-state index contributed by atoms with van der Waals surface area (Å²) in [7, 11) is 0. The molecule has 0 radical (unpaired) electrons. The van der Waals surface area contributed by atoms with Gasteiger partial charge in [-0.05, 0) is 31.4 Å². The Balaban J connectivity index is 2.18. The first kappa shape index (κ1) is 12.8. The summed E-state index contributed by atoms with van der Waals surface area (Å²) < 4.78 is 0. The number of nitriles is 1. The summed E-state index contributed by atoms with van der Waals surface area (Å²) in [5, 5.41) is 21.9. The molecule has 1 heterocycles. The van der Waals surface area contributed by atoms with Gasteiger partial charge < -0.3 is 10.4 Å². The van der Waals surface area contributed by atoms with E-state index in [1.165, 1.54) is 12.8 Å². The Morgan fingerprint density at radius 1 is 1.50 bits per heavy atom. The summed E-state index contributed by atoms with van der Waals surface area (Å²) >= 11 is 0. The molecule has 0 amide bonds. The molecule has 1 aromatic heterocycles. The lowest BCUT2D eigenvalue weighted by Crippen LogP contribution is -2.34. The molecule has 0 spiro atoms. The van der Waals surface area contributed by atoms with E-state index in [0.717, 1.165) is 18.4 Å². The van der Waals surface area contributed by atoms with Gasteiger partial charge in [0.15, 0.2) is 0 Å². The summed E-state index contributed by atoms with van der Waals surface area (Å²) in [6, 6.07) is 4.27. The Hall–Kier alpha value is -1.60. The summed E-state index contributed by atoms with van der Waals surface area (Å²) in [5.74, 6) is 0.926. The molecule has 1 aromatic rings. The molecule has 1 saturated carbocycles. The van der Waals surface area contributed by atoms with Gasteiger partial charge >= 0.3 is 0 Å². The Bertz CT molecular complexity index is 453. The quantitative estimate of drug-likeness (QED) is 0.856. The lowest BCUT2D eigenvalue weighted by Gasteiger charge is -2.31. The Labute approximate surface area is 108 Å². The van der Waals surface area contributed by atoms with Crippen LogP contribution in [0.2, 0.25) is 0 Å². The predicted molar refractivity (Wildman–Crippen MR) is 70.1 cm³/mol. The van der Waals surface area contributed by atoms with Crippen molar-refractivity contribution >= 4 is 5.82 Å². The number of aryl methyl sites for hydroxylation is 1. The van der Waals surface area contributed by atoms with Crippen molar-refractivity contribution in [2.24, 2.45) is 5.92 Å². The number of hydrogen-bond acceptors (Lipinski definition) is 4. The van der Waals surface area contributed by atoms with Crippen LogP contribution in [0, 0.1) is 24.2 Å². The van der Waals surface area contributed by atoms with Crippen molar-refractivity contribution in [3.63, 3.8) is 0 Å². The highest BCUT2D eigenvalue weighted by Crippen LogP contribution is 2.27. The van der Waals surface area contributed by atoms with E-state index in [4.69, 9.17) is 0 Å². The number of rotatable bonds is 3. The summed E-state index contributed by atoms with van der Waals surface area (Å²) in [6.07, 6.45) is 6.14. The van der Waals surface area contributed by atoms with Gasteiger partial charge in [-0.2, -0.15) is 5.26 Å². The van der Waals surface area contributed by atoms with Crippen molar-refractivity contribution in [2.75, 3.05) is 11.9 Å². The molecular formula is C14H19N3O. The summed E-state index contributed by atoms with van der Waals surface area (Å²) in [4.78, 5) is 4.26. The van der Waals surface area contributed by atoms with E-state index in [2.05, 4.69) is 16.4 Å². The smallest absolute Gasteiger partial charge is 0.144 e. The number of aliphatic hydroxyl groups is 1.